The number of ether oxygens (including phenoxy) is 1. The van der Waals surface area contributed by atoms with Crippen molar-refractivity contribution in [3.8, 4) is 0 Å². The van der Waals surface area contributed by atoms with Crippen molar-refractivity contribution < 1.29 is 9.53 Å². The molecule has 2 aromatic rings. The smallest absolute Gasteiger partial charge is 0.414 e. The van der Waals surface area contributed by atoms with Crippen LogP contribution in [0, 0.1) is 6.92 Å². The van der Waals surface area contributed by atoms with E-state index in [1.165, 1.54) is 27.8 Å². The van der Waals surface area contributed by atoms with Crippen molar-refractivity contribution in [2.75, 3.05) is 24.6 Å². The molecule has 0 unspecified atom stereocenters. The molecule has 0 spiro atoms. The molecule has 27 heavy (non-hydrogen) atoms. The molecule has 4 nitrogen and oxygen atoms in total. The van der Waals surface area contributed by atoms with Gasteiger partial charge in [-0.25, -0.2) is 4.79 Å². The number of carbonyl (C=O) groups excluding carboxylic acids is 1. The molecular formula is C23H26N2O2. The largest absolute Gasteiger partial charge is 0.449 e. The molecule has 2 aromatic carbocycles. The molecule has 1 amide bonds. The lowest BCUT2D eigenvalue weighted by Gasteiger charge is -2.30. The lowest BCUT2D eigenvalue weighted by atomic mass is 9.94. The van der Waals surface area contributed by atoms with Gasteiger partial charge in [0.1, 0.15) is 0 Å². The second-order valence-corrected chi connectivity index (χ2v) is 7.33. The summed E-state index contributed by atoms with van der Waals surface area (Å²) in [5.74, 6) is 0. The van der Waals surface area contributed by atoms with Gasteiger partial charge in [-0.3, -0.25) is 4.90 Å². The van der Waals surface area contributed by atoms with E-state index in [0.29, 0.717) is 6.61 Å². The zero-order valence-electron chi connectivity index (χ0n) is 15.8. The summed E-state index contributed by atoms with van der Waals surface area (Å²) in [5, 5.41) is 3.28. The predicted octanol–water partition coefficient (Wildman–Crippen LogP) is 4.24. The highest BCUT2D eigenvalue weighted by Gasteiger charge is 2.25. The summed E-state index contributed by atoms with van der Waals surface area (Å²) in [6.07, 6.45) is 7.60. The van der Waals surface area contributed by atoms with Crippen LogP contribution in [0.4, 0.5) is 10.5 Å². The van der Waals surface area contributed by atoms with Gasteiger partial charge in [0, 0.05) is 19.5 Å². The van der Waals surface area contributed by atoms with E-state index in [0.717, 1.165) is 44.5 Å². The predicted molar refractivity (Wildman–Crippen MR) is 109 cm³/mol. The Kier molecular flexibility index (Phi) is 5.14. The number of aryl methyl sites for hydroxylation is 2. The maximum atomic E-state index is 12.7. The van der Waals surface area contributed by atoms with Gasteiger partial charge >= 0.3 is 6.09 Å². The van der Waals surface area contributed by atoms with Crippen molar-refractivity contribution in [1.82, 2.24) is 5.32 Å². The molecule has 0 radical (unpaired) electrons. The molecule has 0 atom stereocenters. The number of rotatable bonds is 3. The van der Waals surface area contributed by atoms with E-state index < -0.39 is 0 Å². The topological polar surface area (TPSA) is 41.6 Å². The normalized spacial score (nSPS) is 15.4. The third-order valence-corrected chi connectivity index (χ3v) is 5.30. The lowest BCUT2D eigenvalue weighted by Crippen LogP contribution is -2.36. The number of hydrogen-bond acceptors (Lipinski definition) is 3. The van der Waals surface area contributed by atoms with Crippen LogP contribution in [0.2, 0.25) is 0 Å². The zero-order valence-corrected chi connectivity index (χ0v) is 15.8. The maximum absolute atomic E-state index is 12.7. The van der Waals surface area contributed by atoms with Gasteiger partial charge in [-0.1, -0.05) is 29.8 Å². The molecule has 0 bridgehead atoms. The molecule has 0 saturated carbocycles. The van der Waals surface area contributed by atoms with Gasteiger partial charge in [-0.05, 0) is 72.8 Å². The fourth-order valence-corrected chi connectivity index (χ4v) is 3.90. The first kappa shape index (κ1) is 17.7. The highest BCUT2D eigenvalue weighted by Crippen LogP contribution is 2.32. The Morgan fingerprint density at radius 3 is 3.00 bits per heavy atom. The van der Waals surface area contributed by atoms with Crippen LogP contribution >= 0.6 is 0 Å². The summed E-state index contributed by atoms with van der Waals surface area (Å²) in [6, 6.07) is 12.8. The second-order valence-electron chi connectivity index (χ2n) is 7.33. The SMILES string of the molecule is Cc1cccc(CCOC(=O)N2CCCc3cc4c(cc32)CCNC=C4)c1. The monoisotopic (exact) mass is 362 g/mol. The van der Waals surface area contributed by atoms with Gasteiger partial charge in [0.15, 0.2) is 0 Å². The van der Waals surface area contributed by atoms with Crippen molar-refractivity contribution in [3.05, 3.63) is 70.4 Å². The molecule has 2 aliphatic rings. The standard InChI is InChI=1S/C23H26N2O2/c1-17-4-2-5-18(14-17)9-13-27-23(26)25-12-3-6-21-15-19-7-10-24-11-8-20(19)16-22(21)25/h2,4-5,7,10,14-16,24H,3,6,8-9,11-13H2,1H3. The number of benzene rings is 2. The van der Waals surface area contributed by atoms with Gasteiger partial charge in [-0.15, -0.1) is 0 Å². The third kappa shape index (κ3) is 4.00. The quantitative estimate of drug-likeness (QED) is 0.888. The van der Waals surface area contributed by atoms with E-state index in [9.17, 15) is 4.79 Å². The first-order chi connectivity index (χ1) is 13.2. The highest BCUT2D eigenvalue weighted by molar-refractivity contribution is 5.90. The van der Waals surface area contributed by atoms with Crippen LogP contribution in [0.1, 0.15) is 34.2 Å². The lowest BCUT2D eigenvalue weighted by molar-refractivity contribution is 0.154. The average molecular weight is 362 g/mol. The van der Waals surface area contributed by atoms with Crippen molar-refractivity contribution in [2.45, 2.75) is 32.6 Å². The van der Waals surface area contributed by atoms with Crippen LogP contribution in [-0.4, -0.2) is 25.8 Å². The van der Waals surface area contributed by atoms with Crippen molar-refractivity contribution >= 4 is 17.9 Å². The molecule has 0 saturated heterocycles. The molecule has 4 rings (SSSR count). The third-order valence-electron chi connectivity index (χ3n) is 5.30. The Morgan fingerprint density at radius 1 is 1.19 bits per heavy atom. The Hall–Kier alpha value is -2.75. The second kappa shape index (κ2) is 7.87. The number of hydrogen-bond donors (Lipinski definition) is 1. The van der Waals surface area contributed by atoms with Crippen molar-refractivity contribution in [1.29, 1.82) is 0 Å². The number of amides is 1. The summed E-state index contributed by atoms with van der Waals surface area (Å²) in [4.78, 5) is 14.5. The highest BCUT2D eigenvalue weighted by atomic mass is 16.6. The molecule has 2 heterocycles. The molecule has 2 aliphatic heterocycles. The van der Waals surface area contributed by atoms with Crippen LogP contribution in [0.3, 0.4) is 0 Å². The number of anilines is 1. The molecule has 4 heteroatoms. The number of nitrogens with zero attached hydrogens (tertiary/aromatic N) is 1. The van der Waals surface area contributed by atoms with E-state index in [4.69, 9.17) is 4.74 Å². The first-order valence-electron chi connectivity index (χ1n) is 9.76. The van der Waals surface area contributed by atoms with Crippen LogP contribution in [0.15, 0.2) is 42.6 Å². The molecular weight excluding hydrogens is 336 g/mol. The fourth-order valence-electron chi connectivity index (χ4n) is 3.90. The Bertz CT molecular complexity index is 873. The summed E-state index contributed by atoms with van der Waals surface area (Å²) >= 11 is 0. The molecule has 1 N–H and O–H groups in total. The number of carbonyl (C=O) groups is 1. The van der Waals surface area contributed by atoms with Gasteiger partial charge in [0.25, 0.3) is 0 Å². The minimum atomic E-state index is -0.231. The van der Waals surface area contributed by atoms with E-state index in [1.807, 2.05) is 17.2 Å². The number of fused-ring (bicyclic) bond motifs is 2. The molecule has 0 fully saturated rings. The maximum Gasteiger partial charge on any atom is 0.414 e. The fraction of sp³-hybridized carbons (Fsp3) is 0.348. The van der Waals surface area contributed by atoms with E-state index in [-0.39, 0.29) is 6.09 Å². The Balaban J connectivity index is 1.46. The summed E-state index contributed by atoms with van der Waals surface area (Å²) in [6.45, 7) is 4.13. The number of nitrogens with one attached hydrogen (secondary N) is 1. The van der Waals surface area contributed by atoms with Crippen molar-refractivity contribution in [3.63, 3.8) is 0 Å². The summed E-state index contributed by atoms with van der Waals surface area (Å²) < 4.78 is 5.61. The zero-order chi connectivity index (χ0) is 18.6. The van der Waals surface area contributed by atoms with Gasteiger partial charge in [0.2, 0.25) is 0 Å². The van der Waals surface area contributed by atoms with Crippen LogP contribution in [0.5, 0.6) is 0 Å². The van der Waals surface area contributed by atoms with Crippen LogP contribution in [0.25, 0.3) is 6.08 Å². The van der Waals surface area contributed by atoms with Crippen LogP contribution in [-0.2, 0) is 24.0 Å². The Morgan fingerprint density at radius 2 is 2.11 bits per heavy atom. The van der Waals surface area contributed by atoms with E-state index in [2.05, 4.69) is 48.6 Å². The average Bonchev–Trinajstić information content (AvgIpc) is 2.90. The molecule has 0 aromatic heterocycles. The van der Waals surface area contributed by atoms with Gasteiger partial charge < -0.3 is 10.1 Å². The molecule has 140 valence electrons. The van der Waals surface area contributed by atoms with E-state index in [1.54, 1.807) is 0 Å². The molecule has 0 aliphatic carbocycles. The summed E-state index contributed by atoms with van der Waals surface area (Å²) in [7, 11) is 0. The van der Waals surface area contributed by atoms with Gasteiger partial charge in [0.05, 0.1) is 12.3 Å². The van der Waals surface area contributed by atoms with Crippen LogP contribution < -0.4 is 10.2 Å². The van der Waals surface area contributed by atoms with Gasteiger partial charge in [-0.2, -0.15) is 0 Å². The van der Waals surface area contributed by atoms with E-state index >= 15 is 0 Å². The first-order valence-corrected chi connectivity index (χ1v) is 9.76. The minimum absolute atomic E-state index is 0.231. The van der Waals surface area contributed by atoms with Crippen molar-refractivity contribution in [2.24, 2.45) is 0 Å². The minimum Gasteiger partial charge on any atom is -0.449 e. The summed E-state index contributed by atoms with van der Waals surface area (Å²) in [5.41, 5.74) is 7.24. The Labute approximate surface area is 160 Å².